The molecule has 2 aliphatic rings. The van der Waals surface area contributed by atoms with Crippen molar-refractivity contribution in [2.75, 3.05) is 13.1 Å². The minimum atomic E-state index is -1.42. The molecule has 22 heteroatoms. The summed E-state index contributed by atoms with van der Waals surface area (Å²) >= 11 is 0. The van der Waals surface area contributed by atoms with Gasteiger partial charge in [-0.05, 0) is 86.8 Å². The Morgan fingerprint density at radius 1 is 0.432 bits per heavy atom. The Balaban J connectivity index is -0.000000751. The second kappa shape index (κ2) is 57.5. The summed E-state index contributed by atoms with van der Waals surface area (Å²) in [5.74, 6) is -4.09. The molecular weight excluding hydrogens is 1220 g/mol. The number of hydrogen-bond acceptors (Lipinski definition) is 12. The number of hydrogen-bond donors (Lipinski definition) is 4. The van der Waals surface area contributed by atoms with Gasteiger partial charge in [-0.1, -0.05) is 192 Å². The van der Waals surface area contributed by atoms with E-state index in [1.54, 1.807) is 34.1 Å². The van der Waals surface area contributed by atoms with Gasteiger partial charge in [0.25, 0.3) is 0 Å². The number of aromatic hydroxyl groups is 2. The third-order valence-corrected chi connectivity index (χ3v) is 16.1. The minimum Gasteiger partial charge on any atom is -0.548 e. The Kier molecular flexibility index (Phi) is 60.3. The maximum Gasteiger partial charge on any atom is 1.00 e. The van der Waals surface area contributed by atoms with Crippen molar-refractivity contribution in [1.82, 2.24) is 20.4 Å². The molecule has 2 aliphatic heterocycles. The van der Waals surface area contributed by atoms with Crippen molar-refractivity contribution < 1.29 is 129 Å². The molecule has 88 heavy (non-hydrogen) atoms. The van der Waals surface area contributed by atoms with E-state index in [0.29, 0.717) is 49.9 Å². The Labute approximate surface area is 610 Å². The van der Waals surface area contributed by atoms with E-state index in [0.717, 1.165) is 51.4 Å². The summed E-state index contributed by atoms with van der Waals surface area (Å²) in [4.78, 5) is 103. The second-order valence-corrected chi connectivity index (χ2v) is 23.0. The van der Waals surface area contributed by atoms with Crippen LogP contribution in [0.4, 0.5) is 0 Å². The van der Waals surface area contributed by atoms with Crippen LogP contribution in [0.5, 0.6) is 11.5 Å². The van der Waals surface area contributed by atoms with Crippen molar-refractivity contribution in [3.05, 3.63) is 59.7 Å². The van der Waals surface area contributed by atoms with Crippen molar-refractivity contribution in [2.24, 2.45) is 0 Å². The number of unbranched alkanes of at least 4 members (excludes halogenated alkanes) is 24. The fourth-order valence-electron chi connectivity index (χ4n) is 11.1. The molecule has 2 aromatic rings. The topological polar surface area (TPSA) is 254 Å². The summed E-state index contributed by atoms with van der Waals surface area (Å²) in [6.07, 6.45) is 35.7. The van der Waals surface area contributed by atoms with Gasteiger partial charge in [0.2, 0.25) is 23.6 Å². The molecular formula is C66H110KLiN4O12S4. The fourth-order valence-corrected chi connectivity index (χ4v) is 11.1. The standard InChI is InChI=1S/2C33H52N2O6.K.Li.4H2S/c2*1-2-3-4-5-6-7-8-9-10-11-12-13-14-17-32(39)35-24-15-16-29(35)30(37)22-23-31(38)34-28(33(40)41)25-26-18-20-27(36)21-19-26;;;;;;/h2*18-21,28-29,36H,2-17,22-25H2,1H3,(H,34,38)(H,40,41);;;4*1H2/q;;2*+1;;;;/p-2/t2*28-,29-;;;;;;/m00....../s1. The monoisotopic (exact) mass is 1320 g/mol. The molecule has 4 N–H and O–H groups in total. The maximum atomic E-state index is 12.9. The van der Waals surface area contributed by atoms with Gasteiger partial charge >= 0.3 is 70.2 Å². The van der Waals surface area contributed by atoms with E-state index in [-0.39, 0.29) is 198 Å². The predicted octanol–water partition coefficient (Wildman–Crippen LogP) is 4.44. The van der Waals surface area contributed by atoms with Crippen LogP contribution in [-0.2, 0) is 51.2 Å². The number of carbonyl (C=O) groups excluding carboxylic acids is 8. The first kappa shape index (κ1) is 92.2. The number of amides is 4. The molecule has 0 unspecified atom stereocenters. The number of phenols is 2. The van der Waals surface area contributed by atoms with Gasteiger partial charge in [-0.2, -0.15) is 54.0 Å². The van der Waals surface area contributed by atoms with Gasteiger partial charge in [-0.25, -0.2) is 0 Å². The van der Waals surface area contributed by atoms with Crippen molar-refractivity contribution in [1.29, 1.82) is 0 Å². The van der Waals surface area contributed by atoms with Crippen molar-refractivity contribution in [3.63, 3.8) is 0 Å². The molecule has 4 rings (SSSR count). The quantitative estimate of drug-likeness (QED) is 0.0531. The van der Waals surface area contributed by atoms with Crippen LogP contribution < -0.4 is 91.1 Å². The molecule has 2 aromatic carbocycles. The predicted molar refractivity (Wildman–Crippen MR) is 358 cm³/mol. The largest absolute Gasteiger partial charge is 1.00 e. The third-order valence-electron chi connectivity index (χ3n) is 16.1. The first-order valence-corrected chi connectivity index (χ1v) is 31.8. The number of likely N-dealkylation sites (tertiary alicyclic amines) is 2. The smallest absolute Gasteiger partial charge is 0.548 e. The zero-order chi connectivity index (χ0) is 59.7. The van der Waals surface area contributed by atoms with E-state index >= 15 is 0 Å². The summed E-state index contributed by atoms with van der Waals surface area (Å²) < 4.78 is 0. The number of nitrogens with one attached hydrogen (secondary N) is 2. The Morgan fingerprint density at radius 2 is 0.693 bits per heavy atom. The molecule has 2 saturated heterocycles. The molecule has 492 valence electrons. The number of carbonyl (C=O) groups is 8. The van der Waals surface area contributed by atoms with Crippen LogP contribution in [0, 0.1) is 0 Å². The van der Waals surface area contributed by atoms with Gasteiger partial charge in [0.15, 0.2) is 11.6 Å². The number of aliphatic carboxylic acids is 2. The van der Waals surface area contributed by atoms with E-state index in [4.69, 9.17) is 0 Å². The molecule has 0 aromatic heterocycles. The SMILES string of the molecule is CCCCCCCCCCCCCCCC(=O)N1CCC[C@H]1C(=O)CCC(=O)N[C@@H](Cc1ccc(O)cc1)C(=O)[O-].CCCCCCCCCCCCCCCC(=O)N1CCC[C@H]1C(=O)CCC(=O)N[C@@H](Cc1ccc(O)cc1)C(=O)[O-].S.S.S.S.[K+].[Li+]. The van der Waals surface area contributed by atoms with E-state index in [9.17, 15) is 58.8 Å². The normalized spacial score (nSPS) is 14.5. The van der Waals surface area contributed by atoms with Crippen LogP contribution in [0.25, 0.3) is 0 Å². The molecule has 0 spiro atoms. The first-order valence-electron chi connectivity index (χ1n) is 31.8. The van der Waals surface area contributed by atoms with Gasteiger partial charge in [-0.15, -0.1) is 0 Å². The van der Waals surface area contributed by atoms with Crippen LogP contribution in [-0.4, -0.2) is 104 Å². The van der Waals surface area contributed by atoms with Gasteiger partial charge < -0.3 is 50.4 Å². The average molecular weight is 1330 g/mol. The Hall–Kier alpha value is -2.17. The molecule has 16 nitrogen and oxygen atoms in total. The number of nitrogens with zero attached hydrogens (tertiary/aromatic N) is 2. The molecule has 4 amide bonds. The molecule has 4 atom stereocenters. The zero-order valence-corrected chi connectivity index (χ0v) is 61.2. The second-order valence-electron chi connectivity index (χ2n) is 23.0. The third kappa shape index (κ3) is 41.4. The summed E-state index contributed by atoms with van der Waals surface area (Å²) in [6.45, 7) is 5.63. The zero-order valence-electron chi connectivity index (χ0n) is 54.1. The van der Waals surface area contributed by atoms with Gasteiger partial charge in [0.05, 0.1) is 36.1 Å². The number of carboxylic acids is 2. The number of ketones is 2. The molecule has 2 fully saturated rings. The van der Waals surface area contributed by atoms with E-state index in [1.807, 2.05) is 0 Å². The van der Waals surface area contributed by atoms with Crippen molar-refractivity contribution >= 4 is 101 Å². The van der Waals surface area contributed by atoms with Gasteiger partial charge in [-0.3, -0.25) is 28.8 Å². The summed E-state index contributed by atoms with van der Waals surface area (Å²) in [5, 5.41) is 46.7. The van der Waals surface area contributed by atoms with Crippen LogP contribution in [0.1, 0.15) is 256 Å². The van der Waals surface area contributed by atoms with E-state index in [2.05, 4.69) is 24.5 Å². The number of rotatable bonds is 44. The molecule has 0 saturated carbocycles. The molecule has 0 aliphatic carbocycles. The van der Waals surface area contributed by atoms with E-state index < -0.39 is 47.9 Å². The summed E-state index contributed by atoms with van der Waals surface area (Å²) in [5.41, 5.74) is 1.24. The fraction of sp³-hybridized carbons (Fsp3) is 0.697. The van der Waals surface area contributed by atoms with Crippen LogP contribution in [0.3, 0.4) is 0 Å². The van der Waals surface area contributed by atoms with Gasteiger partial charge in [0.1, 0.15) is 11.5 Å². The number of Topliss-reactive ketones (excluding diaryl/α,β-unsaturated/α-hetero) is 2. The number of benzene rings is 2. The van der Waals surface area contributed by atoms with Crippen molar-refractivity contribution in [3.8, 4) is 11.5 Å². The Bertz CT molecular complexity index is 2050. The van der Waals surface area contributed by atoms with Gasteiger partial charge in [0, 0.05) is 51.6 Å². The van der Waals surface area contributed by atoms with Crippen LogP contribution >= 0.6 is 54.0 Å². The van der Waals surface area contributed by atoms with Crippen molar-refractivity contribution in [2.45, 2.75) is 282 Å². The maximum absolute atomic E-state index is 12.9. The minimum absolute atomic E-state index is 0. The molecule has 2 heterocycles. The average Bonchev–Trinajstić information content (AvgIpc) is 4.28. The molecule has 0 radical (unpaired) electrons. The van der Waals surface area contributed by atoms with Crippen LogP contribution in [0.15, 0.2) is 48.5 Å². The number of phenolic OH excluding ortho intramolecular Hbond substituents is 2. The summed E-state index contributed by atoms with van der Waals surface area (Å²) in [6, 6.07) is 8.58. The number of carboxylic acid groups (broad SMARTS) is 2. The van der Waals surface area contributed by atoms with Crippen LogP contribution in [0.2, 0.25) is 0 Å². The Morgan fingerprint density at radius 3 is 0.955 bits per heavy atom. The van der Waals surface area contributed by atoms with E-state index in [1.165, 1.54) is 153 Å². The summed E-state index contributed by atoms with van der Waals surface area (Å²) in [7, 11) is 0. The first-order chi connectivity index (χ1) is 39.6. The molecule has 0 bridgehead atoms.